The lowest BCUT2D eigenvalue weighted by molar-refractivity contribution is 0.0957. The maximum Gasteiger partial charge on any atom is 0.255 e. The van der Waals surface area contributed by atoms with E-state index in [0.717, 1.165) is 5.69 Å². The first-order valence-corrected chi connectivity index (χ1v) is 4.72. The zero-order valence-corrected chi connectivity index (χ0v) is 9.48. The highest BCUT2D eigenvalue weighted by Gasteiger charge is 2.16. The van der Waals surface area contributed by atoms with E-state index in [4.69, 9.17) is 10.9 Å². The fourth-order valence-corrected chi connectivity index (χ4v) is 1.40. The Morgan fingerprint density at radius 2 is 2.25 bits per heavy atom. The first-order chi connectivity index (χ1) is 7.47. The van der Waals surface area contributed by atoms with Crippen LogP contribution in [-0.4, -0.2) is 33.3 Å². The minimum absolute atomic E-state index is 0.00308. The van der Waals surface area contributed by atoms with Crippen LogP contribution in [0.15, 0.2) is 5.16 Å². The van der Waals surface area contributed by atoms with Crippen LogP contribution in [-0.2, 0) is 7.05 Å². The fourth-order valence-electron chi connectivity index (χ4n) is 1.40. The molecule has 1 amide bonds. The van der Waals surface area contributed by atoms with Crippen molar-refractivity contribution in [1.82, 2.24) is 15.1 Å². The predicted molar refractivity (Wildman–Crippen MR) is 58.4 cm³/mol. The van der Waals surface area contributed by atoms with E-state index in [9.17, 15) is 4.79 Å². The Hall–Kier alpha value is -2.05. The Balaban J connectivity index is 2.81. The smallest absolute Gasteiger partial charge is 0.255 e. The van der Waals surface area contributed by atoms with Crippen molar-refractivity contribution in [2.24, 2.45) is 17.9 Å². The van der Waals surface area contributed by atoms with Gasteiger partial charge in [0.1, 0.15) is 0 Å². The van der Waals surface area contributed by atoms with E-state index in [2.05, 4.69) is 15.6 Å². The van der Waals surface area contributed by atoms with Crippen LogP contribution in [0.4, 0.5) is 0 Å². The molecule has 0 aromatic carbocycles. The first-order valence-electron chi connectivity index (χ1n) is 4.72. The number of aromatic nitrogens is 2. The number of hydrogen-bond donors (Lipinski definition) is 3. The molecule has 0 aliphatic heterocycles. The van der Waals surface area contributed by atoms with Crippen LogP contribution in [0.1, 0.15) is 21.7 Å². The number of carbonyl (C=O) groups excluding carboxylic acids is 1. The van der Waals surface area contributed by atoms with E-state index in [0.29, 0.717) is 11.3 Å². The highest BCUT2D eigenvalue weighted by atomic mass is 16.4. The van der Waals surface area contributed by atoms with Gasteiger partial charge in [0.15, 0.2) is 5.84 Å². The largest absolute Gasteiger partial charge is 0.409 e. The summed E-state index contributed by atoms with van der Waals surface area (Å²) in [4.78, 5) is 11.8. The minimum Gasteiger partial charge on any atom is -0.409 e. The van der Waals surface area contributed by atoms with Crippen LogP contribution in [0, 0.1) is 13.8 Å². The zero-order valence-electron chi connectivity index (χ0n) is 9.48. The molecule has 1 aromatic heterocycles. The Kier molecular flexibility index (Phi) is 3.49. The summed E-state index contributed by atoms with van der Waals surface area (Å²) in [5.74, 6) is -0.331. The SMILES string of the molecule is Cc1nn(C)c(C)c1C(=O)NC/C(N)=N/O. The third-order valence-corrected chi connectivity index (χ3v) is 2.29. The van der Waals surface area contributed by atoms with Crippen LogP contribution in [0.2, 0.25) is 0 Å². The van der Waals surface area contributed by atoms with Crippen molar-refractivity contribution >= 4 is 11.7 Å². The van der Waals surface area contributed by atoms with Gasteiger partial charge in [-0.2, -0.15) is 5.10 Å². The molecule has 0 aliphatic rings. The van der Waals surface area contributed by atoms with E-state index < -0.39 is 0 Å². The number of amides is 1. The number of carbonyl (C=O) groups is 1. The molecule has 4 N–H and O–H groups in total. The Labute approximate surface area is 92.9 Å². The molecule has 0 unspecified atom stereocenters. The van der Waals surface area contributed by atoms with Gasteiger partial charge in [0, 0.05) is 12.7 Å². The summed E-state index contributed by atoms with van der Waals surface area (Å²) in [6.07, 6.45) is 0. The molecule has 1 heterocycles. The van der Waals surface area contributed by atoms with Crippen LogP contribution < -0.4 is 11.1 Å². The van der Waals surface area contributed by atoms with Crippen LogP contribution in [0.5, 0.6) is 0 Å². The summed E-state index contributed by atoms with van der Waals surface area (Å²) in [6, 6.07) is 0. The molecule has 0 spiro atoms. The minimum atomic E-state index is -0.283. The van der Waals surface area contributed by atoms with Gasteiger partial charge in [-0.3, -0.25) is 9.48 Å². The summed E-state index contributed by atoms with van der Waals surface area (Å²) in [6.45, 7) is 3.56. The summed E-state index contributed by atoms with van der Waals surface area (Å²) in [7, 11) is 1.77. The monoisotopic (exact) mass is 225 g/mol. The molecule has 16 heavy (non-hydrogen) atoms. The summed E-state index contributed by atoms with van der Waals surface area (Å²) in [5, 5.41) is 17.8. The van der Waals surface area contributed by atoms with Gasteiger partial charge in [0.05, 0.1) is 17.8 Å². The van der Waals surface area contributed by atoms with Gasteiger partial charge in [-0.1, -0.05) is 5.16 Å². The highest BCUT2D eigenvalue weighted by Crippen LogP contribution is 2.10. The Morgan fingerprint density at radius 3 is 2.69 bits per heavy atom. The number of rotatable bonds is 3. The second kappa shape index (κ2) is 4.65. The second-order valence-electron chi connectivity index (χ2n) is 3.44. The number of nitrogens with two attached hydrogens (primary N) is 1. The lowest BCUT2D eigenvalue weighted by atomic mass is 10.2. The van der Waals surface area contributed by atoms with Crippen LogP contribution in [0.3, 0.4) is 0 Å². The summed E-state index contributed by atoms with van der Waals surface area (Å²) in [5.41, 5.74) is 7.19. The van der Waals surface area contributed by atoms with Gasteiger partial charge in [-0.05, 0) is 13.8 Å². The van der Waals surface area contributed by atoms with E-state index in [1.807, 2.05) is 0 Å². The molecular formula is C9H15N5O2. The molecule has 0 aliphatic carbocycles. The van der Waals surface area contributed by atoms with Crippen molar-refractivity contribution in [1.29, 1.82) is 0 Å². The number of aryl methyl sites for hydroxylation is 2. The van der Waals surface area contributed by atoms with Crippen LogP contribution in [0.25, 0.3) is 0 Å². The van der Waals surface area contributed by atoms with Gasteiger partial charge in [0.25, 0.3) is 5.91 Å². The van der Waals surface area contributed by atoms with Crippen molar-refractivity contribution in [3.63, 3.8) is 0 Å². The third kappa shape index (κ3) is 2.30. The lowest BCUT2D eigenvalue weighted by Gasteiger charge is -2.04. The van der Waals surface area contributed by atoms with Gasteiger partial charge in [-0.15, -0.1) is 0 Å². The quantitative estimate of drug-likeness (QED) is 0.279. The maximum absolute atomic E-state index is 11.8. The summed E-state index contributed by atoms with van der Waals surface area (Å²) >= 11 is 0. The Morgan fingerprint density at radius 1 is 1.62 bits per heavy atom. The van der Waals surface area contributed by atoms with Gasteiger partial charge < -0.3 is 16.3 Å². The normalized spacial score (nSPS) is 11.6. The molecule has 88 valence electrons. The van der Waals surface area contributed by atoms with Gasteiger partial charge >= 0.3 is 0 Å². The second-order valence-corrected chi connectivity index (χ2v) is 3.44. The number of nitrogens with zero attached hydrogens (tertiary/aromatic N) is 3. The molecule has 0 saturated heterocycles. The molecule has 7 heteroatoms. The summed E-state index contributed by atoms with van der Waals surface area (Å²) < 4.78 is 1.63. The van der Waals surface area contributed by atoms with E-state index in [1.165, 1.54) is 0 Å². The van der Waals surface area contributed by atoms with Crippen LogP contribution >= 0.6 is 0 Å². The topological polar surface area (TPSA) is 106 Å². The van der Waals surface area contributed by atoms with Gasteiger partial charge in [-0.25, -0.2) is 0 Å². The average molecular weight is 225 g/mol. The molecule has 1 rings (SSSR count). The molecule has 0 fully saturated rings. The molecule has 0 atom stereocenters. The van der Waals surface area contributed by atoms with Crippen molar-refractivity contribution in [2.75, 3.05) is 6.54 Å². The van der Waals surface area contributed by atoms with E-state index >= 15 is 0 Å². The molecule has 0 saturated carbocycles. The van der Waals surface area contributed by atoms with E-state index in [1.54, 1.807) is 25.6 Å². The van der Waals surface area contributed by atoms with Crippen molar-refractivity contribution in [3.8, 4) is 0 Å². The standard InChI is InChI=1S/C9H15N5O2/c1-5-8(6(2)14(3)12-5)9(15)11-4-7(10)13-16/h16H,4H2,1-3H3,(H2,10,13)(H,11,15). The van der Waals surface area contributed by atoms with Crippen molar-refractivity contribution in [3.05, 3.63) is 17.0 Å². The number of amidine groups is 1. The van der Waals surface area contributed by atoms with Gasteiger partial charge in [0.2, 0.25) is 0 Å². The number of hydrogen-bond acceptors (Lipinski definition) is 4. The zero-order chi connectivity index (χ0) is 12.3. The Bertz CT molecular complexity index is 435. The fraction of sp³-hybridized carbons (Fsp3) is 0.444. The van der Waals surface area contributed by atoms with Crippen molar-refractivity contribution in [2.45, 2.75) is 13.8 Å². The molecular weight excluding hydrogens is 210 g/mol. The first kappa shape index (κ1) is 12.0. The predicted octanol–water partition coefficient (Wildman–Crippen LogP) is -0.487. The molecule has 7 nitrogen and oxygen atoms in total. The number of oxime groups is 1. The highest BCUT2D eigenvalue weighted by molar-refractivity contribution is 5.98. The van der Waals surface area contributed by atoms with Crippen molar-refractivity contribution < 1.29 is 10.0 Å². The maximum atomic E-state index is 11.8. The lowest BCUT2D eigenvalue weighted by Crippen LogP contribution is -2.34. The molecule has 0 radical (unpaired) electrons. The third-order valence-electron chi connectivity index (χ3n) is 2.29. The molecule has 1 aromatic rings. The molecule has 0 bridgehead atoms. The number of nitrogens with one attached hydrogen (secondary N) is 1. The van der Waals surface area contributed by atoms with E-state index in [-0.39, 0.29) is 18.3 Å². The average Bonchev–Trinajstić information content (AvgIpc) is 2.49.